The third-order valence-corrected chi connectivity index (χ3v) is 3.24. The molecule has 1 fully saturated rings. The van der Waals surface area contributed by atoms with Crippen molar-refractivity contribution in [2.24, 2.45) is 0 Å². The Kier molecular flexibility index (Phi) is 4.88. The highest BCUT2D eigenvalue weighted by Gasteiger charge is 2.27. The highest BCUT2D eigenvalue weighted by atomic mass is 35.5. The second-order valence-corrected chi connectivity index (χ2v) is 6.52. The molecule has 0 radical (unpaired) electrons. The number of hydrogen-bond acceptors (Lipinski definition) is 5. The number of aromatic nitrogens is 2. The van der Waals surface area contributed by atoms with Crippen molar-refractivity contribution in [3.8, 4) is 0 Å². The van der Waals surface area contributed by atoms with E-state index in [0.717, 1.165) is 19.4 Å². The summed E-state index contributed by atoms with van der Waals surface area (Å²) in [5.41, 5.74) is -0.473. The van der Waals surface area contributed by atoms with Crippen LogP contribution in [0.2, 0.25) is 5.15 Å². The molecule has 0 aromatic carbocycles. The van der Waals surface area contributed by atoms with E-state index in [0.29, 0.717) is 17.5 Å². The predicted molar refractivity (Wildman–Crippen MR) is 81.5 cm³/mol. The third-order valence-electron chi connectivity index (χ3n) is 3.05. The molecule has 1 amide bonds. The SMILES string of the molecule is CC(C)(C)OC(=O)N1CCCC(Nc2cnc(Cl)cn2)C1. The van der Waals surface area contributed by atoms with Crippen LogP contribution >= 0.6 is 11.6 Å². The fraction of sp³-hybridized carbons (Fsp3) is 0.643. The van der Waals surface area contributed by atoms with E-state index in [-0.39, 0.29) is 12.1 Å². The van der Waals surface area contributed by atoms with Crippen LogP contribution in [0.3, 0.4) is 0 Å². The van der Waals surface area contributed by atoms with Crippen LogP contribution in [0.5, 0.6) is 0 Å². The third kappa shape index (κ3) is 5.04. The molecule has 1 saturated heterocycles. The Labute approximate surface area is 129 Å². The number of nitrogens with one attached hydrogen (secondary N) is 1. The van der Waals surface area contributed by atoms with Gasteiger partial charge in [0.05, 0.1) is 12.4 Å². The second kappa shape index (κ2) is 6.47. The lowest BCUT2D eigenvalue weighted by Crippen LogP contribution is -2.47. The van der Waals surface area contributed by atoms with Crippen LogP contribution in [0.4, 0.5) is 10.6 Å². The van der Waals surface area contributed by atoms with E-state index < -0.39 is 5.60 Å². The molecule has 6 nitrogen and oxygen atoms in total. The number of halogens is 1. The maximum atomic E-state index is 12.1. The molecule has 1 atom stereocenters. The van der Waals surface area contributed by atoms with Crippen LogP contribution in [0, 0.1) is 0 Å². The standard InChI is InChI=1S/C14H21ClN4O2/c1-14(2,3)21-13(20)19-6-4-5-10(9-19)18-12-8-16-11(15)7-17-12/h7-8,10H,4-6,9H2,1-3H3,(H,17,18). The summed E-state index contributed by atoms with van der Waals surface area (Å²) in [4.78, 5) is 22.0. The van der Waals surface area contributed by atoms with Gasteiger partial charge in [-0.3, -0.25) is 0 Å². The molecule has 0 bridgehead atoms. The summed E-state index contributed by atoms with van der Waals surface area (Å²) < 4.78 is 5.41. The summed E-state index contributed by atoms with van der Waals surface area (Å²) in [5, 5.41) is 3.63. The van der Waals surface area contributed by atoms with Gasteiger partial charge in [-0.25, -0.2) is 14.8 Å². The van der Waals surface area contributed by atoms with E-state index in [1.807, 2.05) is 20.8 Å². The number of anilines is 1. The van der Waals surface area contributed by atoms with Crippen molar-refractivity contribution < 1.29 is 9.53 Å². The maximum Gasteiger partial charge on any atom is 0.410 e. The smallest absolute Gasteiger partial charge is 0.410 e. The monoisotopic (exact) mass is 312 g/mol. The van der Waals surface area contributed by atoms with Crippen LogP contribution in [-0.2, 0) is 4.74 Å². The lowest BCUT2D eigenvalue weighted by Gasteiger charge is -2.34. The van der Waals surface area contributed by atoms with E-state index in [9.17, 15) is 4.79 Å². The number of amides is 1. The highest BCUT2D eigenvalue weighted by molar-refractivity contribution is 6.29. The molecule has 116 valence electrons. The van der Waals surface area contributed by atoms with Gasteiger partial charge in [0.2, 0.25) is 0 Å². The normalized spacial score (nSPS) is 19.2. The molecular weight excluding hydrogens is 292 g/mol. The van der Waals surface area contributed by atoms with Gasteiger partial charge in [-0.05, 0) is 33.6 Å². The van der Waals surface area contributed by atoms with Gasteiger partial charge in [-0.1, -0.05) is 11.6 Å². The van der Waals surface area contributed by atoms with E-state index in [1.54, 1.807) is 11.1 Å². The van der Waals surface area contributed by atoms with Crippen LogP contribution in [-0.4, -0.2) is 45.7 Å². The zero-order valence-electron chi connectivity index (χ0n) is 12.6. The van der Waals surface area contributed by atoms with Gasteiger partial charge in [-0.15, -0.1) is 0 Å². The molecule has 1 unspecified atom stereocenters. The Balaban J connectivity index is 1.91. The lowest BCUT2D eigenvalue weighted by atomic mass is 10.1. The summed E-state index contributed by atoms with van der Waals surface area (Å²) in [6.07, 6.45) is 4.73. The number of piperidine rings is 1. The minimum atomic E-state index is -0.473. The van der Waals surface area contributed by atoms with Crippen molar-refractivity contribution >= 4 is 23.5 Å². The van der Waals surface area contributed by atoms with Crippen LogP contribution in [0.25, 0.3) is 0 Å². The molecular formula is C14H21ClN4O2. The first-order chi connectivity index (χ1) is 9.83. The molecule has 1 aliphatic heterocycles. The van der Waals surface area contributed by atoms with E-state index >= 15 is 0 Å². The second-order valence-electron chi connectivity index (χ2n) is 6.13. The van der Waals surface area contributed by atoms with Gasteiger partial charge in [0.1, 0.15) is 16.6 Å². The molecule has 0 saturated carbocycles. The quantitative estimate of drug-likeness (QED) is 0.909. The van der Waals surface area contributed by atoms with Crippen molar-refractivity contribution in [2.75, 3.05) is 18.4 Å². The number of likely N-dealkylation sites (tertiary alicyclic amines) is 1. The average molecular weight is 313 g/mol. The van der Waals surface area contributed by atoms with Gasteiger partial charge in [0, 0.05) is 19.1 Å². The van der Waals surface area contributed by atoms with Gasteiger partial charge >= 0.3 is 6.09 Å². The number of rotatable bonds is 2. The first-order valence-corrected chi connectivity index (χ1v) is 7.43. The summed E-state index contributed by atoms with van der Waals surface area (Å²) >= 11 is 5.71. The average Bonchev–Trinajstić information content (AvgIpc) is 2.40. The number of hydrogen-bond donors (Lipinski definition) is 1. The van der Waals surface area contributed by atoms with Crippen molar-refractivity contribution in [1.29, 1.82) is 0 Å². The molecule has 0 spiro atoms. The van der Waals surface area contributed by atoms with Crippen LogP contribution in [0.1, 0.15) is 33.6 Å². The fourth-order valence-corrected chi connectivity index (χ4v) is 2.28. The van der Waals surface area contributed by atoms with Crippen molar-refractivity contribution in [1.82, 2.24) is 14.9 Å². The van der Waals surface area contributed by atoms with Gasteiger partial charge in [-0.2, -0.15) is 0 Å². The predicted octanol–water partition coefficient (Wildman–Crippen LogP) is 2.94. The maximum absolute atomic E-state index is 12.1. The number of nitrogens with zero attached hydrogens (tertiary/aromatic N) is 3. The van der Waals surface area contributed by atoms with Gasteiger partial charge in [0.25, 0.3) is 0 Å². The summed E-state index contributed by atoms with van der Waals surface area (Å²) in [7, 11) is 0. The Morgan fingerprint density at radius 3 is 2.81 bits per heavy atom. The minimum absolute atomic E-state index is 0.141. The minimum Gasteiger partial charge on any atom is -0.444 e. The number of ether oxygens (including phenoxy) is 1. The molecule has 1 aliphatic rings. The molecule has 21 heavy (non-hydrogen) atoms. The topological polar surface area (TPSA) is 67.3 Å². The Bertz CT molecular complexity index is 487. The Morgan fingerprint density at radius 1 is 1.43 bits per heavy atom. The molecule has 1 aromatic rings. The number of carbonyl (C=O) groups excluding carboxylic acids is 1. The molecule has 1 N–H and O–H groups in total. The first-order valence-electron chi connectivity index (χ1n) is 7.05. The van der Waals surface area contributed by atoms with E-state index in [4.69, 9.17) is 16.3 Å². The molecule has 7 heteroatoms. The van der Waals surface area contributed by atoms with Gasteiger partial charge < -0.3 is 15.0 Å². The Hall–Kier alpha value is -1.56. The summed E-state index contributed by atoms with van der Waals surface area (Å²) in [5.74, 6) is 0.662. The fourth-order valence-electron chi connectivity index (χ4n) is 2.18. The largest absolute Gasteiger partial charge is 0.444 e. The molecule has 2 heterocycles. The van der Waals surface area contributed by atoms with Crippen molar-refractivity contribution in [3.05, 3.63) is 17.5 Å². The number of carbonyl (C=O) groups is 1. The van der Waals surface area contributed by atoms with Crippen LogP contribution in [0.15, 0.2) is 12.4 Å². The molecule has 0 aliphatic carbocycles. The zero-order valence-corrected chi connectivity index (χ0v) is 13.4. The lowest BCUT2D eigenvalue weighted by molar-refractivity contribution is 0.0206. The molecule has 1 aromatic heterocycles. The van der Waals surface area contributed by atoms with Crippen LogP contribution < -0.4 is 5.32 Å². The van der Waals surface area contributed by atoms with Gasteiger partial charge in [0.15, 0.2) is 0 Å². The van der Waals surface area contributed by atoms with Crippen molar-refractivity contribution in [3.63, 3.8) is 0 Å². The highest BCUT2D eigenvalue weighted by Crippen LogP contribution is 2.18. The van der Waals surface area contributed by atoms with Crippen molar-refractivity contribution in [2.45, 2.75) is 45.3 Å². The molecule has 2 rings (SSSR count). The zero-order chi connectivity index (χ0) is 15.5. The first kappa shape index (κ1) is 15.8. The van der Waals surface area contributed by atoms with E-state index in [1.165, 1.54) is 6.20 Å². The summed E-state index contributed by atoms with van der Waals surface area (Å²) in [6.45, 7) is 6.92. The van der Waals surface area contributed by atoms with E-state index in [2.05, 4.69) is 15.3 Å². The summed E-state index contributed by atoms with van der Waals surface area (Å²) in [6, 6.07) is 0.141. The Morgan fingerprint density at radius 2 is 2.19 bits per heavy atom.